The van der Waals surface area contributed by atoms with Gasteiger partial charge < -0.3 is 5.32 Å². The first-order chi connectivity index (χ1) is 10.6. The summed E-state index contributed by atoms with van der Waals surface area (Å²) in [5.41, 5.74) is 3.02. The second-order valence-corrected chi connectivity index (χ2v) is 5.31. The van der Waals surface area contributed by atoms with Gasteiger partial charge in [-0.15, -0.1) is 0 Å². The molecular formula is C16H18FN5. The maximum Gasteiger partial charge on any atom is 0.169 e. The zero-order valence-electron chi connectivity index (χ0n) is 12.8. The van der Waals surface area contributed by atoms with E-state index in [4.69, 9.17) is 0 Å². The normalized spacial score (nSPS) is 12.5. The monoisotopic (exact) mass is 299 g/mol. The van der Waals surface area contributed by atoms with Crippen LogP contribution in [0.5, 0.6) is 0 Å². The molecule has 0 radical (unpaired) electrons. The number of aryl methyl sites for hydroxylation is 2. The fourth-order valence-corrected chi connectivity index (χ4v) is 2.54. The largest absolute Gasteiger partial charge is 0.374 e. The molecule has 0 saturated carbocycles. The smallest absolute Gasteiger partial charge is 0.169 e. The van der Waals surface area contributed by atoms with Crippen LogP contribution in [-0.2, 0) is 7.05 Å². The molecule has 1 N–H and O–H groups in total. The predicted molar refractivity (Wildman–Crippen MR) is 84.1 cm³/mol. The molecule has 0 amide bonds. The molecule has 3 aromatic heterocycles. The minimum absolute atomic E-state index is 0.0322. The summed E-state index contributed by atoms with van der Waals surface area (Å²) in [7, 11) is 1.87. The number of hydrogen-bond acceptors (Lipinski definition) is 4. The van der Waals surface area contributed by atoms with Crippen molar-refractivity contribution in [3.63, 3.8) is 0 Å². The third kappa shape index (κ3) is 2.52. The van der Waals surface area contributed by atoms with Gasteiger partial charge in [-0.2, -0.15) is 5.10 Å². The van der Waals surface area contributed by atoms with Gasteiger partial charge in [0.05, 0.1) is 23.4 Å². The van der Waals surface area contributed by atoms with Gasteiger partial charge in [0.2, 0.25) is 0 Å². The van der Waals surface area contributed by atoms with E-state index >= 15 is 0 Å². The van der Waals surface area contributed by atoms with E-state index in [0.29, 0.717) is 22.4 Å². The Morgan fingerprint density at radius 2 is 2.23 bits per heavy atom. The molecule has 0 aromatic carbocycles. The van der Waals surface area contributed by atoms with Crippen LogP contribution >= 0.6 is 0 Å². The van der Waals surface area contributed by atoms with E-state index in [1.807, 2.05) is 26.2 Å². The Balaban J connectivity index is 2.07. The highest BCUT2D eigenvalue weighted by Crippen LogP contribution is 2.30. The van der Waals surface area contributed by atoms with E-state index in [2.05, 4.69) is 20.4 Å². The summed E-state index contributed by atoms with van der Waals surface area (Å²) in [6.45, 7) is 3.71. The van der Waals surface area contributed by atoms with Crippen LogP contribution in [0.25, 0.3) is 11.0 Å². The quantitative estimate of drug-likeness (QED) is 0.802. The molecule has 22 heavy (non-hydrogen) atoms. The number of nitrogens with one attached hydrogen (secondary N) is 1. The summed E-state index contributed by atoms with van der Waals surface area (Å²) in [4.78, 5) is 8.54. The third-order valence-electron chi connectivity index (χ3n) is 3.70. The molecule has 3 aromatic rings. The predicted octanol–water partition coefficient (Wildman–Crippen LogP) is 3.37. The molecule has 0 aliphatic carbocycles. The van der Waals surface area contributed by atoms with Crippen molar-refractivity contribution in [2.24, 2.45) is 7.05 Å². The summed E-state index contributed by atoms with van der Waals surface area (Å²) in [6.07, 6.45) is 6.18. The lowest BCUT2D eigenvalue weighted by molar-refractivity contribution is 0.609. The van der Waals surface area contributed by atoms with Crippen molar-refractivity contribution in [1.82, 2.24) is 19.7 Å². The Hall–Kier alpha value is -2.50. The van der Waals surface area contributed by atoms with Crippen molar-refractivity contribution in [2.45, 2.75) is 26.3 Å². The van der Waals surface area contributed by atoms with E-state index in [1.54, 1.807) is 30.1 Å². The highest BCUT2D eigenvalue weighted by Gasteiger charge is 2.18. The van der Waals surface area contributed by atoms with Crippen molar-refractivity contribution in [1.29, 1.82) is 0 Å². The molecule has 3 heterocycles. The fourth-order valence-electron chi connectivity index (χ4n) is 2.54. The average molecular weight is 299 g/mol. The number of fused-ring (bicyclic) bond motifs is 1. The van der Waals surface area contributed by atoms with Gasteiger partial charge >= 0.3 is 0 Å². The minimum Gasteiger partial charge on any atom is -0.374 e. The van der Waals surface area contributed by atoms with Gasteiger partial charge in [-0.3, -0.25) is 9.67 Å². The summed E-state index contributed by atoms with van der Waals surface area (Å²) in [5, 5.41) is 7.46. The number of aromatic nitrogens is 4. The van der Waals surface area contributed by atoms with Crippen molar-refractivity contribution in [2.75, 3.05) is 5.32 Å². The molecular weight excluding hydrogens is 281 g/mol. The zero-order chi connectivity index (χ0) is 15.7. The van der Waals surface area contributed by atoms with Crippen LogP contribution in [0.4, 0.5) is 10.1 Å². The summed E-state index contributed by atoms with van der Waals surface area (Å²) >= 11 is 0. The Bertz CT molecular complexity index is 811. The van der Waals surface area contributed by atoms with Crippen molar-refractivity contribution in [3.8, 4) is 0 Å². The topological polar surface area (TPSA) is 55.6 Å². The highest BCUT2D eigenvalue weighted by molar-refractivity contribution is 5.88. The second-order valence-electron chi connectivity index (χ2n) is 5.31. The first-order valence-electron chi connectivity index (χ1n) is 7.26. The molecule has 0 spiro atoms. The van der Waals surface area contributed by atoms with Crippen LogP contribution < -0.4 is 5.32 Å². The number of nitrogens with zero attached hydrogens (tertiary/aromatic N) is 4. The van der Waals surface area contributed by atoms with E-state index < -0.39 is 0 Å². The molecule has 0 aliphatic rings. The molecule has 6 heteroatoms. The SMILES string of the molecule is CCC(Nc1c(F)c(C)nc2cccnc12)c1cnn(C)c1. The molecule has 5 nitrogen and oxygen atoms in total. The highest BCUT2D eigenvalue weighted by atomic mass is 19.1. The van der Waals surface area contributed by atoms with Crippen LogP contribution in [0.15, 0.2) is 30.7 Å². The van der Waals surface area contributed by atoms with E-state index in [1.165, 1.54) is 0 Å². The number of halogens is 1. The lowest BCUT2D eigenvalue weighted by Gasteiger charge is -2.19. The molecule has 0 bridgehead atoms. The Morgan fingerprint density at radius 1 is 1.41 bits per heavy atom. The maximum absolute atomic E-state index is 14.6. The number of anilines is 1. The lowest BCUT2D eigenvalue weighted by Crippen LogP contribution is -2.12. The fraction of sp³-hybridized carbons (Fsp3) is 0.312. The van der Waals surface area contributed by atoms with Crippen molar-refractivity contribution < 1.29 is 4.39 Å². The first-order valence-corrected chi connectivity index (χ1v) is 7.26. The zero-order valence-corrected chi connectivity index (χ0v) is 12.8. The number of hydrogen-bond donors (Lipinski definition) is 1. The van der Waals surface area contributed by atoms with Gasteiger partial charge in [0, 0.05) is 25.0 Å². The van der Waals surface area contributed by atoms with Gasteiger partial charge in [-0.1, -0.05) is 6.92 Å². The summed E-state index contributed by atoms with van der Waals surface area (Å²) < 4.78 is 16.3. The van der Waals surface area contributed by atoms with E-state index in [0.717, 1.165) is 12.0 Å². The molecule has 0 saturated heterocycles. The molecule has 114 valence electrons. The van der Waals surface area contributed by atoms with Crippen LogP contribution in [0.2, 0.25) is 0 Å². The third-order valence-corrected chi connectivity index (χ3v) is 3.70. The van der Waals surface area contributed by atoms with Crippen LogP contribution in [-0.4, -0.2) is 19.7 Å². The van der Waals surface area contributed by atoms with Gasteiger partial charge in [-0.05, 0) is 25.5 Å². The van der Waals surface area contributed by atoms with E-state index in [-0.39, 0.29) is 11.9 Å². The first kappa shape index (κ1) is 14.4. The molecule has 1 atom stereocenters. The van der Waals surface area contributed by atoms with Gasteiger partial charge in [0.1, 0.15) is 11.2 Å². The summed E-state index contributed by atoms with van der Waals surface area (Å²) in [6, 6.07) is 3.61. The van der Waals surface area contributed by atoms with Gasteiger partial charge in [-0.25, -0.2) is 9.37 Å². The number of rotatable bonds is 4. The molecule has 3 rings (SSSR count). The Labute approximate surface area is 128 Å². The molecule has 0 aliphatic heterocycles. The standard InChI is InChI=1S/C16H18FN5/c1-4-12(11-8-19-22(3)9-11)21-16-14(17)10(2)20-13-6-5-7-18-15(13)16/h5-9,12H,4H2,1-3H3,(H,20,21). The molecule has 1 unspecified atom stereocenters. The second kappa shape index (κ2) is 5.71. The minimum atomic E-state index is -0.353. The van der Waals surface area contributed by atoms with Gasteiger partial charge in [0.15, 0.2) is 5.82 Å². The lowest BCUT2D eigenvalue weighted by atomic mass is 10.1. The van der Waals surface area contributed by atoms with Crippen molar-refractivity contribution in [3.05, 3.63) is 47.8 Å². The van der Waals surface area contributed by atoms with Crippen LogP contribution in [0, 0.1) is 12.7 Å². The molecule has 0 fully saturated rings. The summed E-state index contributed by atoms with van der Waals surface area (Å²) in [5.74, 6) is -0.353. The number of pyridine rings is 2. The van der Waals surface area contributed by atoms with Gasteiger partial charge in [0.25, 0.3) is 0 Å². The van der Waals surface area contributed by atoms with Crippen LogP contribution in [0.1, 0.15) is 30.6 Å². The van der Waals surface area contributed by atoms with Crippen molar-refractivity contribution >= 4 is 16.7 Å². The Kier molecular flexibility index (Phi) is 3.75. The maximum atomic E-state index is 14.6. The average Bonchev–Trinajstić information content (AvgIpc) is 2.94. The van der Waals surface area contributed by atoms with E-state index in [9.17, 15) is 4.39 Å². The Morgan fingerprint density at radius 3 is 2.91 bits per heavy atom. The van der Waals surface area contributed by atoms with Crippen LogP contribution in [0.3, 0.4) is 0 Å².